The van der Waals surface area contributed by atoms with Gasteiger partial charge in [0, 0.05) is 4.47 Å². The van der Waals surface area contributed by atoms with Crippen molar-refractivity contribution in [3.8, 4) is 11.6 Å². The molecule has 0 aliphatic rings. The molecular weight excluding hydrogens is 338 g/mol. The number of ether oxygens (including phenoxy) is 1. The Bertz CT molecular complexity index is 609. The van der Waals surface area contributed by atoms with Crippen LogP contribution in [0.3, 0.4) is 0 Å². The van der Waals surface area contributed by atoms with E-state index >= 15 is 0 Å². The first-order valence-electron chi connectivity index (χ1n) is 4.82. The second-order valence-electron chi connectivity index (χ2n) is 3.29. The fourth-order valence-electron chi connectivity index (χ4n) is 1.24. The summed E-state index contributed by atoms with van der Waals surface area (Å²) >= 11 is 14.3. The van der Waals surface area contributed by atoms with Crippen molar-refractivity contribution in [3.05, 3.63) is 45.5 Å². The Morgan fingerprint density at radius 3 is 2.83 bits per heavy atom. The molecule has 2 N–H and O–H groups in total. The average Bonchev–Trinajstić information content (AvgIpc) is 2.33. The Balaban J connectivity index is 2.37. The molecule has 0 saturated heterocycles. The molecule has 0 saturated carbocycles. The predicted octanol–water partition coefficient (Wildman–Crippen LogP) is 3.32. The van der Waals surface area contributed by atoms with E-state index < -0.39 is 0 Å². The molecule has 0 fully saturated rings. The fourth-order valence-corrected chi connectivity index (χ4v) is 2.11. The molecule has 0 unspecified atom stereocenters. The van der Waals surface area contributed by atoms with Crippen molar-refractivity contribution in [1.82, 2.24) is 10.2 Å². The van der Waals surface area contributed by atoms with Gasteiger partial charge >= 0.3 is 0 Å². The maximum absolute atomic E-state index is 6.04. The normalized spacial score (nSPS) is 10.1. The molecule has 1 aromatic carbocycles. The van der Waals surface area contributed by atoms with Crippen LogP contribution in [0.1, 0.15) is 5.56 Å². The van der Waals surface area contributed by atoms with Crippen molar-refractivity contribution < 1.29 is 4.74 Å². The molecule has 0 radical (unpaired) electrons. The van der Waals surface area contributed by atoms with Gasteiger partial charge in [0.05, 0.1) is 16.8 Å². The van der Waals surface area contributed by atoms with E-state index in [9.17, 15) is 0 Å². The molecule has 2 aromatic rings. The summed E-state index contributed by atoms with van der Waals surface area (Å²) in [4.78, 5) is 0.188. The number of thiocarbonyl (C=S) groups is 1. The first-order valence-corrected chi connectivity index (χ1v) is 6.40. The molecule has 0 aliphatic carbocycles. The topological polar surface area (TPSA) is 61.0 Å². The Hall–Kier alpha value is -1.24. The van der Waals surface area contributed by atoms with Gasteiger partial charge in [0.1, 0.15) is 10.7 Å². The first-order chi connectivity index (χ1) is 8.58. The summed E-state index contributed by atoms with van der Waals surface area (Å²) in [6, 6.07) is 6.87. The maximum atomic E-state index is 6.04. The number of hydrogen-bond donors (Lipinski definition) is 1. The lowest BCUT2D eigenvalue weighted by atomic mass is 10.3. The number of nitrogens with two attached hydrogens (primary N) is 1. The van der Waals surface area contributed by atoms with Crippen LogP contribution in [-0.2, 0) is 0 Å². The SMILES string of the molecule is NC(=S)c1ccnnc1Oc1ccc(Br)cc1Cl. The Kier molecular flexibility index (Phi) is 4.11. The van der Waals surface area contributed by atoms with E-state index in [1.165, 1.54) is 6.20 Å². The summed E-state index contributed by atoms with van der Waals surface area (Å²) in [6.07, 6.45) is 1.49. The molecule has 0 amide bonds. The highest BCUT2D eigenvalue weighted by Gasteiger charge is 2.11. The lowest BCUT2D eigenvalue weighted by Crippen LogP contribution is -2.12. The van der Waals surface area contributed by atoms with Crippen LogP contribution in [0.2, 0.25) is 5.02 Å². The third kappa shape index (κ3) is 2.95. The van der Waals surface area contributed by atoms with Crippen LogP contribution < -0.4 is 10.5 Å². The van der Waals surface area contributed by atoms with Crippen molar-refractivity contribution in [1.29, 1.82) is 0 Å². The number of aromatic nitrogens is 2. The van der Waals surface area contributed by atoms with E-state index in [4.69, 9.17) is 34.3 Å². The van der Waals surface area contributed by atoms with Crippen molar-refractivity contribution in [3.63, 3.8) is 0 Å². The molecule has 7 heteroatoms. The molecule has 1 aromatic heterocycles. The number of benzene rings is 1. The zero-order chi connectivity index (χ0) is 13.1. The number of nitrogens with zero attached hydrogens (tertiary/aromatic N) is 2. The van der Waals surface area contributed by atoms with Crippen LogP contribution in [0, 0.1) is 0 Å². The Morgan fingerprint density at radius 1 is 1.39 bits per heavy atom. The van der Waals surface area contributed by atoms with Crippen molar-refractivity contribution in [2.24, 2.45) is 5.73 Å². The minimum absolute atomic E-state index is 0.188. The summed E-state index contributed by atoms with van der Waals surface area (Å²) in [6.45, 7) is 0. The highest BCUT2D eigenvalue weighted by Crippen LogP contribution is 2.31. The zero-order valence-corrected chi connectivity index (χ0v) is 12.1. The molecule has 92 valence electrons. The molecule has 0 aliphatic heterocycles. The number of hydrogen-bond acceptors (Lipinski definition) is 4. The Labute approximate surface area is 122 Å². The monoisotopic (exact) mass is 343 g/mol. The van der Waals surface area contributed by atoms with Gasteiger partial charge in [0.25, 0.3) is 0 Å². The minimum atomic E-state index is 0.188. The second-order valence-corrected chi connectivity index (χ2v) is 5.05. The van der Waals surface area contributed by atoms with Gasteiger partial charge in [-0.3, -0.25) is 0 Å². The van der Waals surface area contributed by atoms with Crippen LogP contribution in [0.15, 0.2) is 34.9 Å². The van der Waals surface area contributed by atoms with Gasteiger partial charge < -0.3 is 10.5 Å². The average molecular weight is 345 g/mol. The molecule has 1 heterocycles. The van der Waals surface area contributed by atoms with Gasteiger partial charge in [-0.2, -0.15) is 5.10 Å². The molecule has 2 rings (SSSR count). The van der Waals surface area contributed by atoms with Crippen LogP contribution in [0.25, 0.3) is 0 Å². The van der Waals surface area contributed by atoms with Crippen molar-refractivity contribution >= 4 is 44.7 Å². The zero-order valence-electron chi connectivity index (χ0n) is 8.93. The summed E-state index contributed by atoms with van der Waals surface area (Å²) in [7, 11) is 0. The fraction of sp³-hybridized carbons (Fsp3) is 0. The van der Waals surface area contributed by atoms with Gasteiger partial charge in [0.2, 0.25) is 5.88 Å². The molecule has 4 nitrogen and oxygen atoms in total. The maximum Gasteiger partial charge on any atom is 0.249 e. The highest BCUT2D eigenvalue weighted by molar-refractivity contribution is 9.10. The van der Waals surface area contributed by atoms with Gasteiger partial charge in [-0.25, -0.2) is 0 Å². The number of halogens is 2. The third-order valence-corrected chi connectivity index (χ3v) is 3.06. The molecule has 0 spiro atoms. The van der Waals surface area contributed by atoms with Gasteiger partial charge in [-0.15, -0.1) is 5.10 Å². The standard InChI is InChI=1S/C11H7BrClN3OS/c12-6-1-2-9(8(13)5-6)17-11-7(10(14)18)3-4-15-16-11/h1-5H,(H2,14,18). The van der Waals surface area contributed by atoms with E-state index in [1.807, 2.05) is 0 Å². The lowest BCUT2D eigenvalue weighted by Gasteiger charge is -2.09. The van der Waals surface area contributed by atoms with Crippen molar-refractivity contribution in [2.75, 3.05) is 0 Å². The van der Waals surface area contributed by atoms with Gasteiger partial charge in [-0.05, 0) is 24.3 Å². The van der Waals surface area contributed by atoms with Crippen molar-refractivity contribution in [2.45, 2.75) is 0 Å². The summed E-state index contributed by atoms with van der Waals surface area (Å²) in [5.41, 5.74) is 6.09. The third-order valence-electron chi connectivity index (χ3n) is 2.05. The molecule has 0 bridgehead atoms. The highest BCUT2D eigenvalue weighted by atomic mass is 79.9. The molecule has 18 heavy (non-hydrogen) atoms. The first kappa shape index (κ1) is 13.2. The van der Waals surface area contributed by atoms with E-state index in [0.29, 0.717) is 16.3 Å². The second kappa shape index (κ2) is 5.60. The van der Waals surface area contributed by atoms with Gasteiger partial charge in [-0.1, -0.05) is 39.7 Å². The minimum Gasteiger partial charge on any atom is -0.435 e. The Morgan fingerprint density at radius 2 is 2.17 bits per heavy atom. The van der Waals surface area contributed by atoms with Crippen LogP contribution in [0.5, 0.6) is 11.6 Å². The summed E-state index contributed by atoms with van der Waals surface area (Å²) in [5, 5.41) is 8.03. The lowest BCUT2D eigenvalue weighted by molar-refractivity contribution is 0.454. The van der Waals surface area contributed by atoms with Crippen LogP contribution in [0.4, 0.5) is 0 Å². The van der Waals surface area contributed by atoms with Gasteiger partial charge in [0.15, 0.2) is 0 Å². The number of rotatable bonds is 3. The molecular formula is C11H7BrClN3OS. The van der Waals surface area contributed by atoms with Crippen LogP contribution >= 0.6 is 39.7 Å². The van der Waals surface area contributed by atoms with Crippen LogP contribution in [-0.4, -0.2) is 15.2 Å². The summed E-state index contributed by atoms with van der Waals surface area (Å²) < 4.78 is 6.42. The van der Waals surface area contributed by atoms with E-state index in [-0.39, 0.29) is 10.9 Å². The van der Waals surface area contributed by atoms with E-state index in [2.05, 4.69) is 26.1 Å². The summed E-state index contributed by atoms with van der Waals surface area (Å²) in [5.74, 6) is 0.687. The largest absolute Gasteiger partial charge is 0.435 e. The van der Waals surface area contributed by atoms with E-state index in [1.54, 1.807) is 24.3 Å². The quantitative estimate of drug-likeness (QED) is 0.866. The smallest absolute Gasteiger partial charge is 0.249 e. The van der Waals surface area contributed by atoms with E-state index in [0.717, 1.165) is 4.47 Å². The predicted molar refractivity (Wildman–Crippen MR) is 77.1 cm³/mol. The molecule has 0 atom stereocenters.